The smallest absolute Gasteiger partial charge is 0.138 e. The molecule has 2 aromatic carbocycles. The highest BCUT2D eigenvalue weighted by Crippen LogP contribution is 2.28. The van der Waals surface area contributed by atoms with Crippen LogP contribution >= 0.6 is 11.6 Å². The lowest BCUT2D eigenvalue weighted by Crippen LogP contribution is -1.86. The summed E-state index contributed by atoms with van der Waals surface area (Å²) in [5.41, 5.74) is 10.6. The molecule has 0 radical (unpaired) electrons. The lowest BCUT2D eigenvalue weighted by atomic mass is 10.2. The second-order valence-electron chi connectivity index (χ2n) is 4.74. The number of halogens is 1. The Bertz CT molecular complexity index is 976. The van der Waals surface area contributed by atoms with E-state index < -0.39 is 0 Å². The van der Waals surface area contributed by atoms with Crippen LogP contribution in [0.2, 0.25) is 5.02 Å². The summed E-state index contributed by atoms with van der Waals surface area (Å²) in [5, 5.41) is 0.583. The fraction of sp³-hybridized carbons (Fsp3) is 0. The number of benzene rings is 2. The van der Waals surface area contributed by atoms with Crippen molar-refractivity contribution in [1.82, 2.24) is 19.9 Å². The number of nitrogens with two attached hydrogens (primary N) is 1. The Balaban J connectivity index is 1.93. The van der Waals surface area contributed by atoms with E-state index in [0.29, 0.717) is 16.2 Å². The predicted octanol–water partition coefficient (Wildman–Crippen LogP) is 3.41. The summed E-state index contributed by atoms with van der Waals surface area (Å²) in [4.78, 5) is 16.3. The molecule has 0 spiro atoms. The van der Waals surface area contributed by atoms with Crippen molar-refractivity contribution >= 4 is 39.4 Å². The average molecular weight is 296 g/mol. The highest BCUT2D eigenvalue weighted by atomic mass is 35.5. The third-order valence-corrected chi connectivity index (χ3v) is 3.54. The van der Waals surface area contributed by atoms with Crippen molar-refractivity contribution in [3.63, 3.8) is 0 Å². The molecule has 0 bridgehead atoms. The Labute approximate surface area is 124 Å². The molecule has 3 N–H and O–H groups in total. The fourth-order valence-electron chi connectivity index (χ4n) is 2.35. The van der Waals surface area contributed by atoms with Crippen LogP contribution in [0.25, 0.3) is 33.5 Å². The van der Waals surface area contributed by atoms with Crippen molar-refractivity contribution in [2.24, 2.45) is 0 Å². The van der Waals surface area contributed by atoms with Gasteiger partial charge in [-0.3, -0.25) is 9.97 Å². The van der Waals surface area contributed by atoms with Crippen LogP contribution in [0.4, 0.5) is 5.69 Å². The van der Waals surface area contributed by atoms with Crippen molar-refractivity contribution in [2.45, 2.75) is 0 Å². The highest BCUT2D eigenvalue weighted by molar-refractivity contribution is 6.31. The van der Waals surface area contributed by atoms with Gasteiger partial charge in [-0.25, -0.2) is 4.98 Å². The molecule has 0 fully saturated rings. The quantitative estimate of drug-likeness (QED) is 0.527. The van der Waals surface area contributed by atoms with Crippen LogP contribution in [0.5, 0.6) is 0 Å². The maximum absolute atomic E-state index is 6.01. The normalized spacial score (nSPS) is 11.3. The first-order valence-electron chi connectivity index (χ1n) is 6.36. The number of imidazole rings is 1. The lowest BCUT2D eigenvalue weighted by molar-refractivity contribution is 1.28. The third-order valence-electron chi connectivity index (χ3n) is 3.32. The SMILES string of the molecule is Nc1cc(Cl)cc2[nH]c(-c3ccc4nccnc4c3)nc12. The van der Waals surface area contributed by atoms with Gasteiger partial charge in [-0.1, -0.05) is 11.6 Å². The van der Waals surface area contributed by atoms with E-state index in [2.05, 4.69) is 19.9 Å². The first-order valence-corrected chi connectivity index (χ1v) is 6.74. The van der Waals surface area contributed by atoms with Crippen molar-refractivity contribution in [1.29, 1.82) is 0 Å². The van der Waals surface area contributed by atoms with Crippen molar-refractivity contribution in [3.05, 3.63) is 47.7 Å². The van der Waals surface area contributed by atoms with Gasteiger partial charge in [0.05, 0.1) is 22.2 Å². The molecule has 2 heterocycles. The first kappa shape index (κ1) is 12.1. The molecule has 0 saturated heterocycles. The molecule has 2 aromatic heterocycles. The van der Waals surface area contributed by atoms with Gasteiger partial charge in [-0.15, -0.1) is 0 Å². The summed E-state index contributed by atoms with van der Waals surface area (Å²) in [6.07, 6.45) is 3.34. The van der Waals surface area contributed by atoms with Crippen molar-refractivity contribution in [3.8, 4) is 11.4 Å². The minimum absolute atomic E-state index is 0.556. The van der Waals surface area contributed by atoms with E-state index in [1.807, 2.05) is 24.3 Å². The highest BCUT2D eigenvalue weighted by Gasteiger charge is 2.09. The molecule has 21 heavy (non-hydrogen) atoms. The minimum atomic E-state index is 0.556. The van der Waals surface area contributed by atoms with Crippen LogP contribution in [-0.4, -0.2) is 19.9 Å². The van der Waals surface area contributed by atoms with E-state index in [1.165, 1.54) is 0 Å². The number of fused-ring (bicyclic) bond motifs is 2. The van der Waals surface area contributed by atoms with Gasteiger partial charge in [0.25, 0.3) is 0 Å². The number of aromatic amines is 1. The summed E-state index contributed by atoms with van der Waals surface area (Å²) in [6, 6.07) is 9.32. The summed E-state index contributed by atoms with van der Waals surface area (Å²) >= 11 is 6.01. The zero-order chi connectivity index (χ0) is 14.4. The van der Waals surface area contributed by atoms with Crippen LogP contribution < -0.4 is 5.73 Å². The number of nitrogens with zero attached hydrogens (tertiary/aromatic N) is 3. The number of hydrogen-bond donors (Lipinski definition) is 2. The molecule has 0 aliphatic carbocycles. The summed E-state index contributed by atoms with van der Waals surface area (Å²) in [5.74, 6) is 0.728. The number of hydrogen-bond acceptors (Lipinski definition) is 4. The van der Waals surface area contributed by atoms with Crippen LogP contribution in [0.3, 0.4) is 0 Å². The molecule has 4 rings (SSSR count). The number of H-pyrrole nitrogens is 1. The van der Waals surface area contributed by atoms with E-state index in [-0.39, 0.29) is 0 Å². The maximum Gasteiger partial charge on any atom is 0.138 e. The average Bonchev–Trinajstić information content (AvgIpc) is 2.91. The van der Waals surface area contributed by atoms with Crippen LogP contribution in [0.15, 0.2) is 42.7 Å². The zero-order valence-electron chi connectivity index (χ0n) is 10.8. The second kappa shape index (κ2) is 4.43. The number of nitrogen functional groups attached to an aromatic ring is 1. The molecular weight excluding hydrogens is 286 g/mol. The number of rotatable bonds is 1. The van der Waals surface area contributed by atoms with Gasteiger partial charge in [-0.05, 0) is 30.3 Å². The van der Waals surface area contributed by atoms with Gasteiger partial charge in [-0.2, -0.15) is 0 Å². The van der Waals surface area contributed by atoms with E-state index in [0.717, 1.165) is 27.9 Å². The van der Waals surface area contributed by atoms with Gasteiger partial charge >= 0.3 is 0 Å². The maximum atomic E-state index is 6.01. The molecule has 0 aliphatic rings. The molecule has 5 nitrogen and oxygen atoms in total. The Hall–Kier alpha value is -2.66. The summed E-state index contributed by atoms with van der Waals surface area (Å²) in [6.45, 7) is 0. The second-order valence-corrected chi connectivity index (χ2v) is 5.17. The lowest BCUT2D eigenvalue weighted by Gasteiger charge is -1.99. The number of nitrogens with one attached hydrogen (secondary N) is 1. The Morgan fingerprint density at radius 1 is 1.00 bits per heavy atom. The molecule has 0 atom stereocenters. The van der Waals surface area contributed by atoms with Gasteiger partial charge in [0.2, 0.25) is 0 Å². The first-order chi connectivity index (χ1) is 10.2. The molecular formula is C15H10ClN5. The van der Waals surface area contributed by atoms with Crippen LogP contribution in [0, 0.1) is 0 Å². The molecule has 6 heteroatoms. The van der Waals surface area contributed by atoms with Gasteiger partial charge in [0, 0.05) is 23.0 Å². The van der Waals surface area contributed by atoms with Crippen molar-refractivity contribution < 1.29 is 0 Å². The number of aromatic nitrogens is 4. The fourth-order valence-corrected chi connectivity index (χ4v) is 2.58. The Morgan fingerprint density at radius 3 is 2.67 bits per heavy atom. The minimum Gasteiger partial charge on any atom is -0.397 e. The Morgan fingerprint density at radius 2 is 1.81 bits per heavy atom. The van der Waals surface area contributed by atoms with E-state index >= 15 is 0 Å². The van der Waals surface area contributed by atoms with Gasteiger partial charge in [0.15, 0.2) is 0 Å². The molecule has 0 amide bonds. The van der Waals surface area contributed by atoms with Crippen molar-refractivity contribution in [2.75, 3.05) is 5.73 Å². The molecule has 4 aromatic rings. The molecule has 0 saturated carbocycles. The Kier molecular flexibility index (Phi) is 2.55. The largest absolute Gasteiger partial charge is 0.397 e. The molecule has 0 unspecified atom stereocenters. The molecule has 0 aliphatic heterocycles. The monoisotopic (exact) mass is 295 g/mol. The van der Waals surface area contributed by atoms with Gasteiger partial charge in [0.1, 0.15) is 11.3 Å². The summed E-state index contributed by atoms with van der Waals surface area (Å²) in [7, 11) is 0. The topological polar surface area (TPSA) is 80.5 Å². The van der Waals surface area contributed by atoms with Gasteiger partial charge < -0.3 is 10.7 Å². The predicted molar refractivity (Wildman–Crippen MR) is 84.0 cm³/mol. The summed E-state index contributed by atoms with van der Waals surface area (Å²) < 4.78 is 0. The number of anilines is 1. The van der Waals surface area contributed by atoms with E-state index in [9.17, 15) is 0 Å². The van der Waals surface area contributed by atoms with E-state index in [1.54, 1.807) is 18.5 Å². The van der Waals surface area contributed by atoms with Crippen LogP contribution in [-0.2, 0) is 0 Å². The molecule has 102 valence electrons. The van der Waals surface area contributed by atoms with Crippen LogP contribution in [0.1, 0.15) is 0 Å². The van der Waals surface area contributed by atoms with E-state index in [4.69, 9.17) is 17.3 Å². The standard InChI is InChI=1S/C15H10ClN5/c16-9-6-10(17)14-13(7-9)20-15(21-14)8-1-2-11-12(5-8)19-4-3-18-11/h1-7H,17H2,(H,20,21). The zero-order valence-corrected chi connectivity index (χ0v) is 11.6. The third kappa shape index (κ3) is 1.98.